The predicted molar refractivity (Wildman–Crippen MR) is 117 cm³/mol. The van der Waals surface area contributed by atoms with E-state index in [0.29, 0.717) is 37.8 Å². The summed E-state index contributed by atoms with van der Waals surface area (Å²) in [6, 6.07) is 12.3. The molecule has 8 heteroatoms. The number of anilines is 1. The molecule has 0 fully saturated rings. The van der Waals surface area contributed by atoms with E-state index in [1.54, 1.807) is 19.1 Å². The van der Waals surface area contributed by atoms with Gasteiger partial charge in [-0.1, -0.05) is 18.2 Å². The lowest BCUT2D eigenvalue weighted by Crippen LogP contribution is -2.31. The Kier molecular flexibility index (Phi) is 7.48. The molecule has 164 valence electrons. The number of carboxylic acid groups (broad SMARTS) is 1. The first-order valence-electron chi connectivity index (χ1n) is 10.3. The Morgan fingerprint density at radius 3 is 2.68 bits per heavy atom. The third-order valence-electron chi connectivity index (χ3n) is 4.71. The molecule has 1 aromatic heterocycles. The lowest BCUT2D eigenvalue weighted by atomic mass is 10.1. The van der Waals surface area contributed by atoms with Crippen molar-refractivity contribution in [1.29, 1.82) is 0 Å². The third-order valence-corrected chi connectivity index (χ3v) is 4.71. The minimum Gasteiger partial charge on any atom is -0.494 e. The maximum atomic E-state index is 11.8. The number of rotatable bonds is 11. The van der Waals surface area contributed by atoms with Crippen LogP contribution in [-0.4, -0.2) is 46.3 Å². The maximum absolute atomic E-state index is 11.8. The SMILES string of the molecule is CCOC(=O)CCCOc1ccc(C[C@H](Nc2nc3cc(C)ccc3[nH]2)C(=O)O)cc1. The molecular formula is C23H27N3O5. The largest absolute Gasteiger partial charge is 0.494 e. The first-order chi connectivity index (χ1) is 14.9. The van der Waals surface area contributed by atoms with Crippen LogP contribution < -0.4 is 10.1 Å². The van der Waals surface area contributed by atoms with Crippen LogP contribution in [0.25, 0.3) is 11.0 Å². The van der Waals surface area contributed by atoms with Gasteiger partial charge in [-0.2, -0.15) is 0 Å². The Labute approximate surface area is 180 Å². The van der Waals surface area contributed by atoms with Crippen LogP contribution in [0.5, 0.6) is 5.75 Å². The normalized spacial score (nSPS) is 11.8. The average molecular weight is 425 g/mol. The van der Waals surface area contributed by atoms with Gasteiger partial charge in [0.15, 0.2) is 0 Å². The summed E-state index contributed by atoms with van der Waals surface area (Å²) in [5.74, 6) is -0.0983. The highest BCUT2D eigenvalue weighted by molar-refractivity contribution is 5.81. The van der Waals surface area contributed by atoms with Crippen LogP contribution in [0.4, 0.5) is 5.95 Å². The molecule has 0 bridgehead atoms. The van der Waals surface area contributed by atoms with E-state index in [1.165, 1.54) is 0 Å². The van der Waals surface area contributed by atoms with Gasteiger partial charge < -0.3 is 24.9 Å². The monoisotopic (exact) mass is 425 g/mol. The number of ether oxygens (including phenoxy) is 2. The van der Waals surface area contributed by atoms with Crippen LogP contribution in [0, 0.1) is 6.92 Å². The van der Waals surface area contributed by atoms with Gasteiger partial charge in [0.25, 0.3) is 0 Å². The second-order valence-corrected chi connectivity index (χ2v) is 7.25. The highest BCUT2D eigenvalue weighted by Crippen LogP contribution is 2.18. The van der Waals surface area contributed by atoms with E-state index in [-0.39, 0.29) is 12.4 Å². The molecule has 0 unspecified atom stereocenters. The van der Waals surface area contributed by atoms with E-state index in [9.17, 15) is 14.7 Å². The second kappa shape index (κ2) is 10.5. The molecule has 0 saturated carbocycles. The summed E-state index contributed by atoms with van der Waals surface area (Å²) >= 11 is 0. The number of nitrogens with one attached hydrogen (secondary N) is 2. The topological polar surface area (TPSA) is 114 Å². The predicted octanol–water partition coefficient (Wildman–Crippen LogP) is 3.70. The van der Waals surface area contributed by atoms with Gasteiger partial charge in [-0.05, 0) is 55.7 Å². The van der Waals surface area contributed by atoms with Crippen LogP contribution in [0.2, 0.25) is 0 Å². The average Bonchev–Trinajstić information content (AvgIpc) is 3.13. The number of carbonyl (C=O) groups excluding carboxylic acids is 1. The van der Waals surface area contributed by atoms with Gasteiger partial charge in [0, 0.05) is 12.8 Å². The smallest absolute Gasteiger partial charge is 0.326 e. The molecule has 0 radical (unpaired) electrons. The number of nitrogens with zero attached hydrogens (tertiary/aromatic N) is 1. The molecule has 1 heterocycles. The Morgan fingerprint density at radius 2 is 1.97 bits per heavy atom. The van der Waals surface area contributed by atoms with Crippen molar-refractivity contribution in [3.63, 3.8) is 0 Å². The number of hydrogen-bond acceptors (Lipinski definition) is 6. The summed E-state index contributed by atoms with van der Waals surface area (Å²) in [4.78, 5) is 30.6. The molecule has 1 atom stereocenters. The van der Waals surface area contributed by atoms with Crippen molar-refractivity contribution in [3.05, 3.63) is 53.6 Å². The number of hydrogen-bond donors (Lipinski definition) is 3. The van der Waals surface area contributed by atoms with Crippen molar-refractivity contribution >= 4 is 28.9 Å². The van der Waals surface area contributed by atoms with E-state index in [0.717, 1.165) is 22.2 Å². The van der Waals surface area contributed by atoms with E-state index in [4.69, 9.17) is 9.47 Å². The van der Waals surface area contributed by atoms with Gasteiger partial charge in [0.1, 0.15) is 11.8 Å². The number of esters is 1. The van der Waals surface area contributed by atoms with Crippen molar-refractivity contribution in [2.75, 3.05) is 18.5 Å². The second-order valence-electron chi connectivity index (χ2n) is 7.25. The number of benzene rings is 2. The fourth-order valence-electron chi connectivity index (χ4n) is 3.15. The standard InChI is InChI=1S/C23H27N3O5/c1-3-30-21(27)5-4-12-31-17-9-7-16(8-10-17)14-20(22(28)29)26-23-24-18-11-6-15(2)13-19(18)25-23/h6-11,13,20H,3-5,12,14H2,1-2H3,(H,28,29)(H2,24,25,26)/t20-/m0/s1. The first-order valence-corrected chi connectivity index (χ1v) is 10.3. The first kappa shape index (κ1) is 22.1. The number of imidazole rings is 1. The summed E-state index contributed by atoms with van der Waals surface area (Å²) in [7, 11) is 0. The van der Waals surface area contributed by atoms with E-state index in [2.05, 4.69) is 15.3 Å². The minimum absolute atomic E-state index is 0.228. The Bertz CT molecular complexity index is 1030. The van der Waals surface area contributed by atoms with Crippen molar-refractivity contribution in [3.8, 4) is 5.75 Å². The summed E-state index contributed by atoms with van der Waals surface area (Å²) in [5.41, 5.74) is 3.58. The number of aromatic amines is 1. The molecule has 0 aliphatic heterocycles. The summed E-state index contributed by atoms with van der Waals surface area (Å²) in [5, 5.41) is 12.6. The van der Waals surface area contributed by atoms with Crippen LogP contribution in [0.15, 0.2) is 42.5 Å². The van der Waals surface area contributed by atoms with E-state index in [1.807, 2.05) is 37.3 Å². The van der Waals surface area contributed by atoms with Gasteiger partial charge in [0.2, 0.25) is 5.95 Å². The van der Waals surface area contributed by atoms with Crippen LogP contribution in [0.3, 0.4) is 0 Å². The zero-order valence-electron chi connectivity index (χ0n) is 17.7. The molecule has 0 amide bonds. The Balaban J connectivity index is 1.54. The van der Waals surface area contributed by atoms with Crippen LogP contribution >= 0.6 is 0 Å². The van der Waals surface area contributed by atoms with Gasteiger partial charge >= 0.3 is 11.9 Å². The summed E-state index contributed by atoms with van der Waals surface area (Å²) in [6.45, 7) is 4.54. The third kappa shape index (κ3) is 6.47. The van der Waals surface area contributed by atoms with Crippen molar-refractivity contribution in [2.24, 2.45) is 0 Å². The Hall–Kier alpha value is -3.55. The molecule has 2 aromatic carbocycles. The molecule has 3 rings (SSSR count). The molecular weight excluding hydrogens is 398 g/mol. The number of aliphatic carboxylic acids is 1. The lowest BCUT2D eigenvalue weighted by molar-refractivity contribution is -0.143. The zero-order chi connectivity index (χ0) is 22.2. The van der Waals surface area contributed by atoms with Gasteiger partial charge in [-0.3, -0.25) is 4.79 Å². The lowest BCUT2D eigenvalue weighted by Gasteiger charge is -2.14. The summed E-state index contributed by atoms with van der Waals surface area (Å²) in [6.07, 6.45) is 1.18. The van der Waals surface area contributed by atoms with E-state index < -0.39 is 12.0 Å². The highest BCUT2D eigenvalue weighted by atomic mass is 16.5. The Morgan fingerprint density at radius 1 is 1.19 bits per heavy atom. The van der Waals surface area contributed by atoms with E-state index >= 15 is 0 Å². The molecule has 31 heavy (non-hydrogen) atoms. The molecule has 3 aromatic rings. The number of aryl methyl sites for hydroxylation is 1. The maximum Gasteiger partial charge on any atom is 0.326 e. The van der Waals surface area contributed by atoms with Gasteiger partial charge in [-0.15, -0.1) is 0 Å². The number of H-pyrrole nitrogens is 1. The van der Waals surface area contributed by atoms with Gasteiger partial charge in [-0.25, -0.2) is 9.78 Å². The van der Waals surface area contributed by atoms with Crippen molar-refractivity contribution in [2.45, 2.75) is 39.2 Å². The van der Waals surface area contributed by atoms with Crippen LogP contribution in [-0.2, 0) is 20.7 Å². The zero-order valence-corrected chi connectivity index (χ0v) is 17.7. The minimum atomic E-state index is -0.962. The van der Waals surface area contributed by atoms with Crippen LogP contribution in [0.1, 0.15) is 30.9 Å². The fraction of sp³-hybridized carbons (Fsp3) is 0.348. The number of aromatic nitrogens is 2. The fourth-order valence-corrected chi connectivity index (χ4v) is 3.15. The molecule has 0 spiro atoms. The van der Waals surface area contributed by atoms with Crippen molar-refractivity contribution < 1.29 is 24.2 Å². The molecule has 0 aliphatic carbocycles. The number of fused-ring (bicyclic) bond motifs is 1. The number of carbonyl (C=O) groups is 2. The highest BCUT2D eigenvalue weighted by Gasteiger charge is 2.19. The number of carboxylic acids is 1. The van der Waals surface area contributed by atoms with Crippen molar-refractivity contribution in [1.82, 2.24) is 9.97 Å². The molecule has 0 aliphatic rings. The molecule has 0 saturated heterocycles. The van der Waals surface area contributed by atoms with Gasteiger partial charge in [0.05, 0.1) is 24.2 Å². The molecule has 3 N–H and O–H groups in total. The molecule has 8 nitrogen and oxygen atoms in total. The quantitative estimate of drug-likeness (QED) is 0.317. The summed E-state index contributed by atoms with van der Waals surface area (Å²) < 4.78 is 10.5.